The normalized spacial score (nSPS) is 11.0. The molecule has 3 heteroatoms. The largest absolute Gasteiger partial charge is 0.346 e. The standard InChI is InChI=1S/C11H13BrN2/c1-2-3-4-8-6-13-11-10(8)5-9(12)7-14-11/h5-7H,2-4H2,1H3,(H,13,14). The number of aromatic nitrogens is 2. The van der Waals surface area contributed by atoms with E-state index in [0.29, 0.717) is 0 Å². The molecule has 1 N–H and O–H groups in total. The number of aromatic amines is 1. The van der Waals surface area contributed by atoms with E-state index in [1.54, 1.807) is 0 Å². The van der Waals surface area contributed by atoms with Gasteiger partial charge < -0.3 is 4.98 Å². The fourth-order valence-electron chi connectivity index (χ4n) is 1.61. The second-order valence-corrected chi connectivity index (χ2v) is 4.38. The predicted molar refractivity (Wildman–Crippen MR) is 62.4 cm³/mol. The third-order valence-electron chi connectivity index (χ3n) is 2.38. The average Bonchev–Trinajstić information content (AvgIpc) is 2.57. The maximum Gasteiger partial charge on any atom is 0.137 e. The van der Waals surface area contributed by atoms with Gasteiger partial charge in [-0.15, -0.1) is 0 Å². The third-order valence-corrected chi connectivity index (χ3v) is 2.82. The van der Waals surface area contributed by atoms with Gasteiger partial charge in [0.25, 0.3) is 0 Å². The van der Waals surface area contributed by atoms with Gasteiger partial charge in [0.05, 0.1) is 0 Å². The second-order valence-electron chi connectivity index (χ2n) is 3.47. The summed E-state index contributed by atoms with van der Waals surface area (Å²) in [6, 6.07) is 2.13. The molecule has 2 heterocycles. The van der Waals surface area contributed by atoms with Crippen LogP contribution in [0.25, 0.3) is 11.0 Å². The van der Waals surface area contributed by atoms with Crippen molar-refractivity contribution in [2.45, 2.75) is 26.2 Å². The summed E-state index contributed by atoms with van der Waals surface area (Å²) in [7, 11) is 0. The van der Waals surface area contributed by atoms with Crippen molar-refractivity contribution >= 4 is 27.0 Å². The van der Waals surface area contributed by atoms with Crippen LogP contribution in [0.1, 0.15) is 25.3 Å². The van der Waals surface area contributed by atoms with E-state index in [9.17, 15) is 0 Å². The number of unbranched alkanes of at least 4 members (excludes halogenated alkanes) is 1. The number of nitrogens with zero attached hydrogens (tertiary/aromatic N) is 1. The molecule has 0 atom stereocenters. The number of fused-ring (bicyclic) bond motifs is 1. The van der Waals surface area contributed by atoms with Crippen molar-refractivity contribution in [3.8, 4) is 0 Å². The lowest BCUT2D eigenvalue weighted by Crippen LogP contribution is -1.82. The molecule has 2 aromatic heterocycles. The first-order chi connectivity index (χ1) is 6.81. The van der Waals surface area contributed by atoms with Gasteiger partial charge in [-0.2, -0.15) is 0 Å². The summed E-state index contributed by atoms with van der Waals surface area (Å²) in [4.78, 5) is 7.50. The van der Waals surface area contributed by atoms with Crippen LogP contribution in [0.2, 0.25) is 0 Å². The highest BCUT2D eigenvalue weighted by molar-refractivity contribution is 9.10. The van der Waals surface area contributed by atoms with Gasteiger partial charge in [0, 0.05) is 22.3 Å². The molecule has 0 aromatic carbocycles. The van der Waals surface area contributed by atoms with Crippen LogP contribution in [0.5, 0.6) is 0 Å². The van der Waals surface area contributed by atoms with Crippen molar-refractivity contribution in [2.75, 3.05) is 0 Å². The summed E-state index contributed by atoms with van der Waals surface area (Å²) in [5, 5.41) is 1.24. The van der Waals surface area contributed by atoms with E-state index in [-0.39, 0.29) is 0 Å². The van der Waals surface area contributed by atoms with Crippen LogP contribution >= 0.6 is 15.9 Å². The molecule has 0 bridgehead atoms. The molecule has 0 unspecified atom stereocenters. The molecular weight excluding hydrogens is 240 g/mol. The number of H-pyrrole nitrogens is 1. The fraction of sp³-hybridized carbons (Fsp3) is 0.364. The van der Waals surface area contributed by atoms with E-state index < -0.39 is 0 Å². The van der Waals surface area contributed by atoms with Gasteiger partial charge >= 0.3 is 0 Å². The highest BCUT2D eigenvalue weighted by atomic mass is 79.9. The van der Waals surface area contributed by atoms with Gasteiger partial charge in [-0.1, -0.05) is 13.3 Å². The number of hydrogen-bond donors (Lipinski definition) is 1. The Kier molecular flexibility index (Phi) is 2.87. The van der Waals surface area contributed by atoms with Crippen molar-refractivity contribution in [3.05, 3.63) is 28.5 Å². The third kappa shape index (κ3) is 1.82. The molecule has 0 saturated heterocycles. The van der Waals surface area contributed by atoms with Gasteiger partial charge in [0.15, 0.2) is 0 Å². The molecule has 0 aliphatic heterocycles. The molecular formula is C11H13BrN2. The first-order valence-corrected chi connectivity index (χ1v) is 5.72. The Labute approximate surface area is 91.9 Å². The summed E-state index contributed by atoms with van der Waals surface area (Å²) in [6.45, 7) is 2.21. The molecule has 0 spiro atoms. The average molecular weight is 253 g/mol. The molecule has 0 aliphatic carbocycles. The number of rotatable bonds is 3. The smallest absolute Gasteiger partial charge is 0.137 e. The monoisotopic (exact) mass is 252 g/mol. The summed E-state index contributed by atoms with van der Waals surface area (Å²) in [5.41, 5.74) is 2.36. The van der Waals surface area contributed by atoms with E-state index >= 15 is 0 Å². The Morgan fingerprint density at radius 1 is 1.50 bits per heavy atom. The predicted octanol–water partition coefficient (Wildman–Crippen LogP) is 3.67. The molecule has 74 valence electrons. The van der Waals surface area contributed by atoms with Gasteiger partial charge in [-0.05, 0) is 40.4 Å². The van der Waals surface area contributed by atoms with Gasteiger partial charge in [0.2, 0.25) is 0 Å². The minimum atomic E-state index is 0.985. The van der Waals surface area contributed by atoms with Crippen molar-refractivity contribution in [2.24, 2.45) is 0 Å². The zero-order valence-electron chi connectivity index (χ0n) is 8.18. The molecule has 0 saturated carbocycles. The lowest BCUT2D eigenvalue weighted by molar-refractivity contribution is 0.799. The van der Waals surface area contributed by atoms with Gasteiger partial charge in [0.1, 0.15) is 5.65 Å². The van der Waals surface area contributed by atoms with E-state index in [2.05, 4.69) is 45.1 Å². The maximum atomic E-state index is 4.31. The van der Waals surface area contributed by atoms with E-state index in [4.69, 9.17) is 0 Å². The zero-order chi connectivity index (χ0) is 9.97. The van der Waals surface area contributed by atoms with Crippen LogP contribution in [-0.2, 0) is 6.42 Å². The first kappa shape index (κ1) is 9.71. The minimum Gasteiger partial charge on any atom is -0.346 e. The number of hydrogen-bond acceptors (Lipinski definition) is 1. The Hall–Kier alpha value is -0.830. The molecule has 0 radical (unpaired) electrons. The molecule has 2 rings (SSSR count). The summed E-state index contributed by atoms with van der Waals surface area (Å²) in [6.07, 6.45) is 7.49. The highest BCUT2D eigenvalue weighted by Gasteiger charge is 2.04. The number of aryl methyl sites for hydroxylation is 1. The Bertz CT molecular complexity index is 434. The highest BCUT2D eigenvalue weighted by Crippen LogP contribution is 2.21. The van der Waals surface area contributed by atoms with E-state index in [1.165, 1.54) is 23.8 Å². The van der Waals surface area contributed by atoms with Crippen molar-refractivity contribution in [3.63, 3.8) is 0 Å². The quantitative estimate of drug-likeness (QED) is 0.888. The van der Waals surface area contributed by atoms with Crippen LogP contribution in [0.4, 0.5) is 0 Å². The first-order valence-electron chi connectivity index (χ1n) is 4.92. The van der Waals surface area contributed by atoms with Crippen LogP contribution in [-0.4, -0.2) is 9.97 Å². The fourth-order valence-corrected chi connectivity index (χ4v) is 1.94. The Morgan fingerprint density at radius 3 is 3.14 bits per heavy atom. The van der Waals surface area contributed by atoms with Crippen LogP contribution in [0.3, 0.4) is 0 Å². The molecule has 2 aromatic rings. The molecule has 0 aliphatic rings. The topological polar surface area (TPSA) is 28.7 Å². The van der Waals surface area contributed by atoms with E-state index in [1.807, 2.05) is 6.20 Å². The summed E-state index contributed by atoms with van der Waals surface area (Å²) in [5.74, 6) is 0. The zero-order valence-corrected chi connectivity index (χ0v) is 9.76. The number of nitrogens with one attached hydrogen (secondary N) is 1. The number of halogens is 1. The summed E-state index contributed by atoms with van der Waals surface area (Å²) < 4.78 is 1.04. The second kappa shape index (κ2) is 4.13. The van der Waals surface area contributed by atoms with Crippen molar-refractivity contribution < 1.29 is 0 Å². The Morgan fingerprint density at radius 2 is 2.36 bits per heavy atom. The van der Waals surface area contributed by atoms with Crippen molar-refractivity contribution in [1.29, 1.82) is 0 Å². The SMILES string of the molecule is CCCCc1c[nH]c2ncc(Br)cc12. The van der Waals surface area contributed by atoms with E-state index in [0.717, 1.165) is 16.5 Å². The number of pyridine rings is 1. The molecule has 0 amide bonds. The lowest BCUT2D eigenvalue weighted by atomic mass is 10.1. The van der Waals surface area contributed by atoms with Crippen LogP contribution < -0.4 is 0 Å². The van der Waals surface area contributed by atoms with Crippen LogP contribution in [0, 0.1) is 0 Å². The van der Waals surface area contributed by atoms with Gasteiger partial charge in [-0.3, -0.25) is 0 Å². The van der Waals surface area contributed by atoms with Gasteiger partial charge in [-0.25, -0.2) is 4.98 Å². The summed E-state index contributed by atoms with van der Waals surface area (Å²) >= 11 is 3.44. The molecule has 14 heavy (non-hydrogen) atoms. The van der Waals surface area contributed by atoms with Crippen LogP contribution in [0.15, 0.2) is 22.9 Å². The van der Waals surface area contributed by atoms with Crippen molar-refractivity contribution in [1.82, 2.24) is 9.97 Å². The Balaban J connectivity index is 2.40. The maximum absolute atomic E-state index is 4.31. The molecule has 2 nitrogen and oxygen atoms in total. The minimum absolute atomic E-state index is 0.985. The molecule has 0 fully saturated rings. The lowest BCUT2D eigenvalue weighted by Gasteiger charge is -1.97.